The number of piperidine rings is 1. The van der Waals surface area contributed by atoms with E-state index < -0.39 is 23.9 Å². The molecule has 38 heavy (non-hydrogen) atoms. The monoisotopic (exact) mass is 529 g/mol. The van der Waals surface area contributed by atoms with Gasteiger partial charge in [0.1, 0.15) is 11.4 Å². The summed E-state index contributed by atoms with van der Waals surface area (Å²) in [4.78, 5) is 22.7. The van der Waals surface area contributed by atoms with Gasteiger partial charge in [0.25, 0.3) is 0 Å². The predicted molar refractivity (Wildman–Crippen MR) is 129 cm³/mol. The first-order chi connectivity index (χ1) is 18.1. The van der Waals surface area contributed by atoms with Crippen LogP contribution in [0.15, 0.2) is 65.9 Å². The summed E-state index contributed by atoms with van der Waals surface area (Å²) in [5, 5.41) is 13.4. The van der Waals surface area contributed by atoms with Gasteiger partial charge in [0.15, 0.2) is 0 Å². The van der Waals surface area contributed by atoms with Gasteiger partial charge in [-0.3, -0.25) is 4.90 Å². The van der Waals surface area contributed by atoms with Crippen LogP contribution >= 0.6 is 0 Å². The van der Waals surface area contributed by atoms with E-state index in [1.165, 1.54) is 48.7 Å². The van der Waals surface area contributed by atoms with Crippen molar-refractivity contribution in [3.8, 4) is 16.9 Å². The first-order valence-electron chi connectivity index (χ1n) is 11.9. The third kappa shape index (κ3) is 5.77. The van der Waals surface area contributed by atoms with Crippen molar-refractivity contribution >= 4 is 11.7 Å². The van der Waals surface area contributed by atoms with E-state index in [0.29, 0.717) is 55.6 Å². The Labute approximate surface area is 215 Å². The molecule has 0 radical (unpaired) electrons. The number of aromatic carboxylic acids is 1. The minimum absolute atomic E-state index is 0.191. The molecule has 3 aromatic rings. The highest BCUT2D eigenvalue weighted by molar-refractivity contribution is 6.02. The molecule has 1 aromatic heterocycles. The second kappa shape index (κ2) is 10.1. The molecule has 1 fully saturated rings. The third-order valence-corrected chi connectivity index (χ3v) is 6.81. The molecule has 0 atom stereocenters. The fourth-order valence-electron chi connectivity index (χ4n) is 4.82. The molecule has 0 bridgehead atoms. The maximum Gasteiger partial charge on any atom is 0.573 e. The Hall–Kier alpha value is -3.99. The van der Waals surface area contributed by atoms with Gasteiger partial charge in [-0.1, -0.05) is 23.4 Å². The number of benzene rings is 2. The van der Waals surface area contributed by atoms with Crippen LogP contribution in [-0.4, -0.2) is 51.7 Å². The Balaban J connectivity index is 1.28. The van der Waals surface area contributed by atoms with Gasteiger partial charge in [-0.05, 0) is 53.1 Å². The second-order valence-electron chi connectivity index (χ2n) is 9.38. The van der Waals surface area contributed by atoms with E-state index in [1.807, 2.05) is 0 Å². The Morgan fingerprint density at radius 2 is 1.76 bits per heavy atom. The van der Waals surface area contributed by atoms with E-state index in [9.17, 15) is 22.4 Å². The van der Waals surface area contributed by atoms with Crippen molar-refractivity contribution in [2.75, 3.05) is 13.1 Å². The highest BCUT2D eigenvalue weighted by Gasteiger charge is 2.42. The van der Waals surface area contributed by atoms with E-state index in [2.05, 4.69) is 19.8 Å². The molecule has 2 aromatic carbocycles. The summed E-state index contributed by atoms with van der Waals surface area (Å²) in [5.41, 5.74) is 3.07. The highest BCUT2D eigenvalue weighted by Crippen LogP contribution is 2.38. The zero-order valence-electron chi connectivity index (χ0n) is 20.0. The number of ether oxygens (including phenoxy) is 1. The molecule has 1 saturated heterocycles. The number of alkyl halides is 3. The summed E-state index contributed by atoms with van der Waals surface area (Å²) < 4.78 is 56.0. The summed E-state index contributed by atoms with van der Waals surface area (Å²) in [6.45, 7) is 1.58. The van der Waals surface area contributed by atoms with E-state index >= 15 is 0 Å². The minimum Gasteiger partial charge on any atom is -0.478 e. The topological polar surface area (TPSA) is 84.2 Å². The normalized spacial score (nSPS) is 17.2. The van der Waals surface area contributed by atoms with Gasteiger partial charge in [0, 0.05) is 50.7 Å². The van der Waals surface area contributed by atoms with Crippen LogP contribution < -0.4 is 4.74 Å². The number of likely N-dealkylation sites (tertiary alicyclic amines) is 1. The number of hydrogen-bond donors (Lipinski definition) is 1. The average Bonchev–Trinajstić information content (AvgIpc) is 3.29. The van der Waals surface area contributed by atoms with Crippen LogP contribution in [0.4, 0.5) is 17.6 Å². The Kier molecular flexibility index (Phi) is 6.78. The Bertz CT molecular complexity index is 1350. The van der Waals surface area contributed by atoms with E-state index in [-0.39, 0.29) is 11.3 Å². The van der Waals surface area contributed by atoms with Gasteiger partial charge >= 0.3 is 12.3 Å². The van der Waals surface area contributed by atoms with E-state index in [1.54, 1.807) is 12.1 Å². The Morgan fingerprint density at radius 3 is 2.39 bits per heavy atom. The number of pyridine rings is 1. The van der Waals surface area contributed by atoms with Crippen LogP contribution in [0.2, 0.25) is 0 Å². The van der Waals surface area contributed by atoms with Crippen LogP contribution in [0, 0.1) is 5.95 Å². The molecule has 198 valence electrons. The molecule has 3 heterocycles. The molecule has 5 rings (SSSR count). The maximum absolute atomic E-state index is 13.3. The van der Waals surface area contributed by atoms with Gasteiger partial charge in [-0.15, -0.1) is 13.2 Å². The number of nitrogens with zero attached hydrogens (tertiary/aromatic N) is 3. The number of carbonyl (C=O) groups is 1. The lowest BCUT2D eigenvalue weighted by Gasteiger charge is -2.37. The van der Waals surface area contributed by atoms with Crippen LogP contribution in [0.5, 0.6) is 5.75 Å². The number of rotatable bonds is 6. The van der Waals surface area contributed by atoms with Crippen molar-refractivity contribution in [1.29, 1.82) is 0 Å². The zero-order chi connectivity index (χ0) is 26.9. The van der Waals surface area contributed by atoms with Crippen LogP contribution in [0.25, 0.3) is 11.1 Å². The molecule has 7 nitrogen and oxygen atoms in total. The molecule has 0 amide bonds. The summed E-state index contributed by atoms with van der Waals surface area (Å²) in [5.74, 6) is -1.98. The van der Waals surface area contributed by atoms with Crippen molar-refractivity contribution in [2.45, 2.75) is 37.8 Å². The van der Waals surface area contributed by atoms with Crippen molar-refractivity contribution in [3.05, 3.63) is 83.4 Å². The smallest absolute Gasteiger partial charge is 0.478 e. The summed E-state index contributed by atoms with van der Waals surface area (Å²) in [6.07, 6.45) is -1.59. The number of carboxylic acids is 1. The number of carboxylic acid groups (broad SMARTS) is 1. The Morgan fingerprint density at radius 1 is 1.05 bits per heavy atom. The standard InChI is InChI=1S/C27H23F4N3O4/c28-24-8-5-19(15-32-24)22-7-6-21(37-27(29,30)31)13-20(22)16-34-11-9-26(10-12-34)14-23(33-38-26)17-1-3-18(4-2-17)25(35)36/h1-8,13,15H,9-12,14,16H2,(H,35,36). The molecule has 0 saturated carbocycles. The van der Waals surface area contributed by atoms with Crippen LogP contribution in [-0.2, 0) is 11.4 Å². The van der Waals surface area contributed by atoms with Gasteiger partial charge in [-0.25, -0.2) is 9.78 Å². The van der Waals surface area contributed by atoms with Crippen molar-refractivity contribution in [2.24, 2.45) is 5.16 Å². The summed E-state index contributed by atoms with van der Waals surface area (Å²) in [6, 6.07) is 13.3. The predicted octanol–water partition coefficient (Wildman–Crippen LogP) is 5.64. The fraction of sp³-hybridized carbons (Fsp3) is 0.296. The van der Waals surface area contributed by atoms with Crippen LogP contribution in [0.3, 0.4) is 0 Å². The maximum atomic E-state index is 13.3. The number of halogens is 4. The van der Waals surface area contributed by atoms with Crippen molar-refractivity contribution < 1.29 is 37.0 Å². The molecule has 0 aliphatic carbocycles. The highest BCUT2D eigenvalue weighted by atomic mass is 19.4. The fourth-order valence-corrected chi connectivity index (χ4v) is 4.82. The number of hydrogen-bond acceptors (Lipinski definition) is 6. The third-order valence-electron chi connectivity index (χ3n) is 6.81. The van der Waals surface area contributed by atoms with E-state index in [4.69, 9.17) is 9.94 Å². The number of aromatic nitrogens is 1. The molecule has 1 N–H and O–H groups in total. The quantitative estimate of drug-likeness (QED) is 0.329. The molecule has 0 unspecified atom stereocenters. The minimum atomic E-state index is -4.82. The molecular formula is C27H23F4N3O4. The van der Waals surface area contributed by atoms with Gasteiger partial charge in [0.2, 0.25) is 5.95 Å². The second-order valence-corrected chi connectivity index (χ2v) is 9.38. The SMILES string of the molecule is O=C(O)c1ccc(C2=NOC3(CCN(Cc4cc(OC(F)(F)F)ccc4-c4ccc(F)nc4)CC3)C2)cc1. The lowest BCUT2D eigenvalue weighted by molar-refractivity contribution is -0.274. The molecule has 2 aliphatic heterocycles. The van der Waals surface area contributed by atoms with Crippen LogP contribution in [0.1, 0.15) is 40.7 Å². The first kappa shape index (κ1) is 25.7. The van der Waals surface area contributed by atoms with Gasteiger partial charge < -0.3 is 14.7 Å². The molecular weight excluding hydrogens is 506 g/mol. The number of oxime groups is 1. The van der Waals surface area contributed by atoms with Gasteiger partial charge in [-0.2, -0.15) is 4.39 Å². The lowest BCUT2D eigenvalue weighted by atomic mass is 9.85. The first-order valence-corrected chi connectivity index (χ1v) is 11.9. The molecule has 2 aliphatic rings. The van der Waals surface area contributed by atoms with E-state index in [0.717, 1.165) is 11.3 Å². The summed E-state index contributed by atoms with van der Waals surface area (Å²) >= 11 is 0. The molecule has 11 heteroatoms. The largest absolute Gasteiger partial charge is 0.573 e. The molecule has 1 spiro atoms. The average molecular weight is 529 g/mol. The van der Waals surface area contributed by atoms with Crippen molar-refractivity contribution in [1.82, 2.24) is 9.88 Å². The van der Waals surface area contributed by atoms with Gasteiger partial charge in [0.05, 0.1) is 11.3 Å². The zero-order valence-corrected chi connectivity index (χ0v) is 20.0. The van der Waals surface area contributed by atoms with Crippen molar-refractivity contribution in [3.63, 3.8) is 0 Å². The lowest BCUT2D eigenvalue weighted by Crippen LogP contribution is -2.44. The summed E-state index contributed by atoms with van der Waals surface area (Å²) in [7, 11) is 0.